The Labute approximate surface area is 134 Å². The van der Waals surface area contributed by atoms with Gasteiger partial charge in [-0.15, -0.1) is 0 Å². The van der Waals surface area contributed by atoms with Gasteiger partial charge in [-0.2, -0.15) is 5.26 Å². The molecule has 22 heavy (non-hydrogen) atoms. The average Bonchev–Trinajstić information content (AvgIpc) is 2.49. The molecule has 0 radical (unpaired) electrons. The molecule has 0 aliphatic carbocycles. The molecule has 1 N–H and O–H groups in total. The van der Waals surface area contributed by atoms with Crippen LogP contribution >= 0.6 is 0 Å². The number of benzene rings is 1. The highest BCUT2D eigenvalue weighted by atomic mass is 16.3. The van der Waals surface area contributed by atoms with E-state index in [0.29, 0.717) is 0 Å². The molecule has 1 fully saturated rings. The van der Waals surface area contributed by atoms with Gasteiger partial charge in [0.1, 0.15) is 0 Å². The van der Waals surface area contributed by atoms with Gasteiger partial charge in [0.2, 0.25) is 0 Å². The number of nitrogens with zero attached hydrogens (tertiary/aromatic N) is 3. The summed E-state index contributed by atoms with van der Waals surface area (Å²) in [7, 11) is 2.15. The predicted octanol–water partition coefficient (Wildman–Crippen LogP) is 2.08. The molecule has 0 bridgehead atoms. The number of likely N-dealkylation sites (tertiary alicyclic amines) is 1. The van der Waals surface area contributed by atoms with Crippen molar-refractivity contribution < 1.29 is 5.11 Å². The van der Waals surface area contributed by atoms with Crippen LogP contribution in [-0.2, 0) is 6.54 Å². The molecule has 1 aliphatic heterocycles. The highest BCUT2D eigenvalue weighted by molar-refractivity contribution is 5.32. The van der Waals surface area contributed by atoms with Gasteiger partial charge >= 0.3 is 0 Å². The Bertz CT molecular complexity index is 501. The third-order valence-corrected chi connectivity index (χ3v) is 4.31. The minimum atomic E-state index is -0.230. The van der Waals surface area contributed by atoms with Crippen LogP contribution in [0.15, 0.2) is 24.3 Å². The highest BCUT2D eigenvalue weighted by Crippen LogP contribution is 2.19. The number of nitriles is 1. The molecule has 1 aliphatic rings. The Morgan fingerprint density at radius 3 is 2.77 bits per heavy atom. The molecule has 4 nitrogen and oxygen atoms in total. The monoisotopic (exact) mass is 301 g/mol. The number of rotatable bonds is 6. The van der Waals surface area contributed by atoms with E-state index < -0.39 is 0 Å². The number of aliphatic hydroxyl groups is 1. The van der Waals surface area contributed by atoms with Crippen LogP contribution in [-0.4, -0.2) is 54.2 Å². The van der Waals surface area contributed by atoms with Crippen LogP contribution in [0.2, 0.25) is 0 Å². The zero-order valence-electron chi connectivity index (χ0n) is 13.7. The molecule has 0 spiro atoms. The molecule has 1 aromatic rings. The fourth-order valence-corrected chi connectivity index (χ4v) is 3.28. The lowest BCUT2D eigenvalue weighted by molar-refractivity contribution is 0.0919. The molecule has 2 rings (SSSR count). The smallest absolute Gasteiger partial charge is 0.0991 e. The molecule has 1 atom stereocenters. The molecule has 1 heterocycles. The Morgan fingerprint density at radius 1 is 1.41 bits per heavy atom. The summed E-state index contributed by atoms with van der Waals surface area (Å²) in [6.07, 6.45) is 2.18. The fourth-order valence-electron chi connectivity index (χ4n) is 3.28. The maximum atomic E-state index is 9.45. The first kappa shape index (κ1) is 17.0. The number of β-amino-alcohol motifs (C(OH)–C–C–N with tert-alkyl or cyclic N) is 1. The summed E-state index contributed by atoms with van der Waals surface area (Å²) in [6, 6.07) is 10.1. The quantitative estimate of drug-likeness (QED) is 0.874. The van der Waals surface area contributed by atoms with E-state index in [4.69, 9.17) is 5.26 Å². The summed E-state index contributed by atoms with van der Waals surface area (Å²) in [5.41, 5.74) is 1.94. The number of aliphatic hydroxyl groups excluding tert-OH is 1. The SMILES string of the molecule is CC(O)CN1CCC(CN(C)Cc2cccc(C#N)c2)CC1. The normalized spacial score (nSPS) is 18.3. The molecule has 4 heteroatoms. The standard InChI is InChI=1S/C18H27N3O/c1-15(22)12-21-8-6-16(7-9-21)13-20(2)14-18-5-3-4-17(10-18)11-19/h3-5,10,15-16,22H,6-9,12-14H2,1-2H3. The van der Waals surface area contributed by atoms with Crippen LogP contribution in [0.4, 0.5) is 0 Å². The van der Waals surface area contributed by atoms with Crippen molar-refractivity contribution in [1.82, 2.24) is 9.80 Å². The maximum Gasteiger partial charge on any atom is 0.0991 e. The zero-order chi connectivity index (χ0) is 15.9. The zero-order valence-corrected chi connectivity index (χ0v) is 13.7. The molecule has 120 valence electrons. The third kappa shape index (κ3) is 5.42. The summed E-state index contributed by atoms with van der Waals surface area (Å²) in [4.78, 5) is 4.71. The van der Waals surface area contributed by atoms with Crippen LogP contribution in [0.3, 0.4) is 0 Å². The average molecular weight is 301 g/mol. The van der Waals surface area contributed by atoms with Crippen molar-refractivity contribution >= 4 is 0 Å². The van der Waals surface area contributed by atoms with Crippen LogP contribution < -0.4 is 0 Å². The van der Waals surface area contributed by atoms with E-state index in [1.54, 1.807) is 0 Å². The van der Waals surface area contributed by atoms with Crippen molar-refractivity contribution in [3.8, 4) is 6.07 Å². The molecular formula is C18H27N3O. The summed E-state index contributed by atoms with van der Waals surface area (Å²) >= 11 is 0. The number of hydrogen-bond acceptors (Lipinski definition) is 4. The van der Waals surface area contributed by atoms with Crippen molar-refractivity contribution in [2.24, 2.45) is 5.92 Å². The lowest BCUT2D eigenvalue weighted by atomic mass is 9.96. The minimum absolute atomic E-state index is 0.230. The lowest BCUT2D eigenvalue weighted by Crippen LogP contribution is -2.40. The number of piperidine rings is 1. The molecule has 0 amide bonds. The summed E-state index contributed by atoms with van der Waals surface area (Å²) < 4.78 is 0. The first-order valence-electron chi connectivity index (χ1n) is 8.15. The van der Waals surface area contributed by atoms with E-state index in [0.717, 1.165) is 44.2 Å². The van der Waals surface area contributed by atoms with Crippen molar-refractivity contribution in [2.75, 3.05) is 33.2 Å². The van der Waals surface area contributed by atoms with E-state index in [1.165, 1.54) is 18.4 Å². The first-order valence-corrected chi connectivity index (χ1v) is 8.15. The van der Waals surface area contributed by atoms with Crippen LogP contribution in [0.5, 0.6) is 0 Å². The van der Waals surface area contributed by atoms with E-state index in [1.807, 2.05) is 25.1 Å². The highest BCUT2D eigenvalue weighted by Gasteiger charge is 2.21. The second-order valence-electron chi connectivity index (χ2n) is 6.60. The Hall–Kier alpha value is -1.41. The Kier molecular flexibility index (Phi) is 6.38. The van der Waals surface area contributed by atoms with Gasteiger partial charge in [0.15, 0.2) is 0 Å². The van der Waals surface area contributed by atoms with Crippen LogP contribution in [0, 0.1) is 17.2 Å². The first-order chi connectivity index (χ1) is 10.6. The van der Waals surface area contributed by atoms with Crippen LogP contribution in [0.25, 0.3) is 0 Å². The number of hydrogen-bond donors (Lipinski definition) is 1. The van der Waals surface area contributed by atoms with E-state index in [2.05, 4.69) is 29.0 Å². The molecule has 0 aromatic heterocycles. The summed E-state index contributed by atoms with van der Waals surface area (Å²) in [5, 5.41) is 18.4. The van der Waals surface area contributed by atoms with Gasteiger partial charge in [-0.3, -0.25) is 0 Å². The lowest BCUT2D eigenvalue weighted by Gasteiger charge is -2.34. The van der Waals surface area contributed by atoms with Gasteiger partial charge in [0, 0.05) is 19.6 Å². The van der Waals surface area contributed by atoms with Crippen molar-refractivity contribution in [3.05, 3.63) is 35.4 Å². The molecule has 1 saturated heterocycles. The van der Waals surface area contributed by atoms with Gasteiger partial charge in [-0.05, 0) is 63.5 Å². The topological polar surface area (TPSA) is 50.5 Å². The van der Waals surface area contributed by atoms with E-state index >= 15 is 0 Å². The minimum Gasteiger partial charge on any atom is -0.392 e. The molecule has 0 saturated carbocycles. The maximum absolute atomic E-state index is 9.45. The molecule has 1 aromatic carbocycles. The Balaban J connectivity index is 1.76. The van der Waals surface area contributed by atoms with E-state index in [9.17, 15) is 5.11 Å². The fraction of sp³-hybridized carbons (Fsp3) is 0.611. The summed E-state index contributed by atoms with van der Waals surface area (Å²) in [6.45, 7) is 6.82. The Morgan fingerprint density at radius 2 is 2.14 bits per heavy atom. The van der Waals surface area contributed by atoms with Gasteiger partial charge in [0.25, 0.3) is 0 Å². The second kappa shape index (κ2) is 8.28. The second-order valence-corrected chi connectivity index (χ2v) is 6.60. The van der Waals surface area contributed by atoms with Crippen LogP contribution in [0.1, 0.15) is 30.9 Å². The van der Waals surface area contributed by atoms with Gasteiger partial charge < -0.3 is 14.9 Å². The van der Waals surface area contributed by atoms with Crippen molar-refractivity contribution in [1.29, 1.82) is 5.26 Å². The predicted molar refractivity (Wildman–Crippen MR) is 88.3 cm³/mol. The van der Waals surface area contributed by atoms with Crippen molar-refractivity contribution in [2.45, 2.75) is 32.4 Å². The largest absolute Gasteiger partial charge is 0.392 e. The van der Waals surface area contributed by atoms with Crippen molar-refractivity contribution in [3.63, 3.8) is 0 Å². The van der Waals surface area contributed by atoms with E-state index in [-0.39, 0.29) is 6.10 Å². The summed E-state index contributed by atoms with van der Waals surface area (Å²) in [5.74, 6) is 0.731. The third-order valence-electron chi connectivity index (χ3n) is 4.31. The van der Waals surface area contributed by atoms with Gasteiger partial charge in [-0.1, -0.05) is 12.1 Å². The molecular weight excluding hydrogens is 274 g/mol. The van der Waals surface area contributed by atoms with Gasteiger partial charge in [-0.25, -0.2) is 0 Å². The van der Waals surface area contributed by atoms with Gasteiger partial charge in [0.05, 0.1) is 17.7 Å². The molecule has 1 unspecified atom stereocenters.